The topological polar surface area (TPSA) is 147 Å². The molecule has 0 amide bonds. The highest BCUT2D eigenvalue weighted by Crippen LogP contribution is 2.66. The van der Waals surface area contributed by atoms with Gasteiger partial charge in [-0.1, -0.05) is 79.8 Å². The van der Waals surface area contributed by atoms with Crippen molar-refractivity contribution in [1.29, 1.82) is 0 Å². The van der Waals surface area contributed by atoms with Gasteiger partial charge in [-0.3, -0.25) is 27.8 Å². The van der Waals surface area contributed by atoms with Crippen LogP contribution in [0.25, 0.3) is 0 Å². The van der Waals surface area contributed by atoms with Crippen LogP contribution in [0.3, 0.4) is 0 Å². The van der Waals surface area contributed by atoms with E-state index < -0.39 is 12.2 Å². The number of quaternary nitrogens is 3. The molecule has 3 spiro atoms. The first-order valence-corrected chi connectivity index (χ1v) is 28.8. The molecule has 6 heterocycles. The van der Waals surface area contributed by atoms with E-state index in [9.17, 15) is 24.6 Å². The van der Waals surface area contributed by atoms with Gasteiger partial charge in [0.2, 0.25) is 20.2 Å². The van der Waals surface area contributed by atoms with Crippen molar-refractivity contribution in [3.8, 4) is 17.2 Å². The van der Waals surface area contributed by atoms with E-state index in [0.29, 0.717) is 62.0 Å². The summed E-state index contributed by atoms with van der Waals surface area (Å²) < 4.78 is 38.1. The van der Waals surface area contributed by atoms with Gasteiger partial charge >= 0.3 is 17.9 Å². The van der Waals surface area contributed by atoms with Crippen LogP contribution in [-0.4, -0.2) is 151 Å². The molecule has 3 aromatic carbocycles. The van der Waals surface area contributed by atoms with Crippen molar-refractivity contribution in [1.82, 2.24) is 0 Å². The maximum absolute atomic E-state index is 11.5. The number of carbonyl (C=O) groups excluding carboxylic acids is 3. The highest BCUT2D eigenvalue weighted by atomic mass is 16.6. The zero-order valence-electron chi connectivity index (χ0n) is 47.3. The molecule has 3 saturated heterocycles. The van der Waals surface area contributed by atoms with Crippen LogP contribution in [-0.2, 0) is 64.1 Å². The van der Waals surface area contributed by atoms with E-state index in [-0.39, 0.29) is 52.5 Å². The Morgan fingerprint density at radius 3 is 1.14 bits per heavy atom. The Balaban J connectivity index is 0.000000111. The zero-order valence-corrected chi connectivity index (χ0v) is 47.3. The molecule has 14 nitrogen and oxygen atoms in total. The summed E-state index contributed by atoms with van der Waals surface area (Å²) in [4.78, 5) is 34.3. The van der Waals surface area contributed by atoms with Crippen molar-refractivity contribution >= 4 is 17.9 Å². The second-order valence-corrected chi connectivity index (χ2v) is 26.5. The molecule has 3 aromatic rings. The minimum atomic E-state index is -0.574. The average molecular weight is 1070 g/mol. The number of likely N-dealkylation sites (N-methyl/N-ethyl adjacent to an activating group) is 3. The Morgan fingerprint density at radius 1 is 0.500 bits per heavy atom. The van der Waals surface area contributed by atoms with Gasteiger partial charge in [-0.25, -0.2) is 0 Å². The van der Waals surface area contributed by atoms with Crippen LogP contribution in [0.5, 0.6) is 17.2 Å². The minimum absolute atomic E-state index is 0.0990. The van der Waals surface area contributed by atoms with Gasteiger partial charge in [-0.15, -0.1) is 0 Å². The van der Waals surface area contributed by atoms with Crippen molar-refractivity contribution in [2.24, 2.45) is 23.7 Å². The van der Waals surface area contributed by atoms with Gasteiger partial charge in [-0.2, -0.15) is 0 Å². The molecular weight excluding hydrogens is 987 g/mol. The SMILES string of the molecule is CC(=O)OC[N@+]1(C)CC[C@]23c4c5ccc(C)c4O[C@H]2[C@@H](O)C=C[C@H]3C1C5.CC(=O)OC[N@+]1(C)CC[C@]23c4c5ccc(C)c4O[C@H]2[C@@H](O)C=C[C@H]3C1C5.CC(=O)OC[N@@+]1(C)CC[C@]23c4c5ccc(C)c4O[C@H]2[C@@H](C)C=C[C@H]3C1C5. The van der Waals surface area contributed by atoms with E-state index in [1.54, 1.807) is 0 Å². The molecule has 12 aliphatic rings. The van der Waals surface area contributed by atoms with Gasteiger partial charge < -0.3 is 38.6 Å². The zero-order chi connectivity index (χ0) is 54.8. The molecule has 14 heteroatoms. The molecule has 3 unspecified atom stereocenters. The van der Waals surface area contributed by atoms with Crippen LogP contribution in [0.15, 0.2) is 72.9 Å². The fraction of sp³-hybridized carbons (Fsp3) is 0.578. The van der Waals surface area contributed by atoms with Gasteiger partial charge in [0, 0.05) is 99.7 Å². The molecule has 6 aliphatic heterocycles. The summed E-state index contributed by atoms with van der Waals surface area (Å²) in [5.41, 5.74) is 11.7. The van der Waals surface area contributed by atoms with Crippen molar-refractivity contribution < 1.29 is 66.5 Å². The van der Waals surface area contributed by atoms with E-state index in [1.165, 1.54) is 59.7 Å². The molecule has 6 bridgehead atoms. The molecule has 414 valence electrons. The number of nitrogens with zero attached hydrogens (tertiary/aromatic N) is 3. The number of piperidine rings is 3. The lowest BCUT2D eigenvalue weighted by atomic mass is 9.52. The first-order chi connectivity index (χ1) is 37.1. The van der Waals surface area contributed by atoms with E-state index in [2.05, 4.69) is 110 Å². The van der Waals surface area contributed by atoms with Crippen LogP contribution in [0.2, 0.25) is 0 Å². The largest absolute Gasteiger partial charge is 0.488 e. The standard InChI is InChI=1S/C22H28NO3.2C21H26NO4/c1-13-5-7-16-11-18-17-8-6-14(2)21-22(17,19(16)20(13)26-21)9-10-23(18,4)12-25-15(3)24;2*1-12-4-5-14-10-16-15-6-7-17(24)20-21(15,18(14)19(12)26-20)8-9-22(16,3)11-25-13(2)23/h5-8,14,17-18,21H,9-12H2,1-4H3;2*4-7,15-17,20,24H,8-11H2,1-3H3/q3*+1/t14-,17-,18?,21-,22-,23+;2*15-,16?,17-,20-,21-,22-/m000/s1. The number of carbonyl (C=O) groups is 3. The van der Waals surface area contributed by atoms with Crippen molar-refractivity contribution in [3.05, 3.63) is 123 Å². The van der Waals surface area contributed by atoms with Crippen LogP contribution in [0.1, 0.15) is 97.0 Å². The maximum Gasteiger partial charge on any atom is 0.306 e. The fourth-order valence-corrected chi connectivity index (χ4v) is 18.4. The summed E-state index contributed by atoms with van der Waals surface area (Å²) in [6.07, 6.45) is 17.6. The van der Waals surface area contributed by atoms with Crippen LogP contribution < -0.4 is 14.2 Å². The maximum atomic E-state index is 11.5. The summed E-state index contributed by atoms with van der Waals surface area (Å²) in [5.74, 6) is 3.97. The molecule has 0 saturated carbocycles. The van der Waals surface area contributed by atoms with Crippen LogP contribution >= 0.6 is 0 Å². The molecular formula is C64H80N3O11+3. The summed E-state index contributed by atoms with van der Waals surface area (Å²) in [5, 5.41) is 21.4. The first kappa shape index (κ1) is 51.9. The first-order valence-electron chi connectivity index (χ1n) is 28.8. The second-order valence-electron chi connectivity index (χ2n) is 26.5. The van der Waals surface area contributed by atoms with Gasteiger partial charge in [0.15, 0.2) is 0 Å². The van der Waals surface area contributed by atoms with E-state index in [1.807, 2.05) is 12.2 Å². The molecule has 15 rings (SSSR count). The Kier molecular flexibility index (Phi) is 11.8. The Morgan fingerprint density at radius 2 is 0.808 bits per heavy atom. The molecule has 2 N–H and O–H groups in total. The number of hydrogen-bond donors (Lipinski definition) is 2. The van der Waals surface area contributed by atoms with Gasteiger partial charge in [0.1, 0.15) is 65.9 Å². The van der Waals surface area contributed by atoms with Gasteiger partial charge in [0.25, 0.3) is 0 Å². The minimum Gasteiger partial charge on any atom is -0.488 e. The lowest BCUT2D eigenvalue weighted by molar-refractivity contribution is -0.958. The lowest BCUT2D eigenvalue weighted by Crippen LogP contribution is -2.71. The van der Waals surface area contributed by atoms with E-state index >= 15 is 0 Å². The molecule has 6 aliphatic carbocycles. The normalized spacial score (nSPS) is 41.4. The van der Waals surface area contributed by atoms with Crippen molar-refractivity contribution in [3.63, 3.8) is 0 Å². The average Bonchev–Trinajstić information content (AvgIpc) is 4.11. The number of ether oxygens (including phenoxy) is 6. The molecule has 18 atom stereocenters. The lowest BCUT2D eigenvalue weighted by Gasteiger charge is -2.59. The Hall–Kier alpha value is -5.51. The van der Waals surface area contributed by atoms with Crippen LogP contribution in [0, 0.1) is 44.4 Å². The molecule has 0 aromatic heterocycles. The number of benzene rings is 3. The number of hydrogen-bond acceptors (Lipinski definition) is 11. The number of esters is 3. The number of aryl methyl sites for hydroxylation is 3. The predicted molar refractivity (Wildman–Crippen MR) is 290 cm³/mol. The Bertz CT molecular complexity index is 2830. The number of likely N-dealkylation sites (tertiary alicyclic amines) is 3. The highest BCUT2D eigenvalue weighted by molar-refractivity contribution is 5.67. The molecule has 3 fully saturated rings. The second kappa shape index (κ2) is 17.7. The third kappa shape index (κ3) is 7.07. The summed E-state index contributed by atoms with van der Waals surface area (Å²) in [6.45, 7) is 17.2. The third-order valence-corrected chi connectivity index (χ3v) is 22.2. The predicted octanol–water partition coefficient (Wildman–Crippen LogP) is 6.78. The number of rotatable bonds is 6. The quantitative estimate of drug-likeness (QED) is 0.117. The van der Waals surface area contributed by atoms with Gasteiger partial charge in [-0.05, 0) is 54.2 Å². The molecule has 0 radical (unpaired) electrons. The summed E-state index contributed by atoms with van der Waals surface area (Å²) >= 11 is 0. The fourth-order valence-electron chi connectivity index (χ4n) is 18.4. The van der Waals surface area contributed by atoms with Crippen LogP contribution in [0.4, 0.5) is 0 Å². The third-order valence-electron chi connectivity index (χ3n) is 22.2. The summed E-state index contributed by atoms with van der Waals surface area (Å²) in [6, 6.07) is 14.3. The van der Waals surface area contributed by atoms with Crippen molar-refractivity contribution in [2.75, 3.05) is 61.0 Å². The van der Waals surface area contributed by atoms with E-state index in [0.717, 1.165) is 100.0 Å². The highest BCUT2D eigenvalue weighted by Gasteiger charge is 2.71. The number of aliphatic hydroxyl groups excluding tert-OH is 2. The van der Waals surface area contributed by atoms with E-state index in [4.69, 9.17) is 28.4 Å². The van der Waals surface area contributed by atoms with Crippen molar-refractivity contribution in [2.45, 2.75) is 152 Å². The summed E-state index contributed by atoms with van der Waals surface area (Å²) in [7, 11) is 6.66. The number of aliphatic hydroxyl groups is 2. The smallest absolute Gasteiger partial charge is 0.306 e. The Labute approximate surface area is 459 Å². The monoisotopic (exact) mass is 1070 g/mol. The van der Waals surface area contributed by atoms with Gasteiger partial charge in [0.05, 0.1) is 57.0 Å². The molecule has 78 heavy (non-hydrogen) atoms.